The average molecular weight is 478 g/mol. The predicted octanol–water partition coefficient (Wildman–Crippen LogP) is 4.52. The van der Waals surface area contributed by atoms with E-state index in [4.69, 9.17) is 5.73 Å². The fraction of sp³-hybridized carbons (Fsp3) is 0.480. The summed E-state index contributed by atoms with van der Waals surface area (Å²) in [5, 5.41) is 0. The van der Waals surface area contributed by atoms with Crippen LogP contribution < -0.4 is 5.73 Å². The molecule has 0 aromatic heterocycles. The van der Waals surface area contributed by atoms with Gasteiger partial charge in [0, 0.05) is 30.7 Å². The summed E-state index contributed by atoms with van der Waals surface area (Å²) in [4.78, 5) is 15.1. The van der Waals surface area contributed by atoms with Crippen LogP contribution in [-0.2, 0) is 17.8 Å². The second-order valence-corrected chi connectivity index (χ2v) is 10.4. The van der Waals surface area contributed by atoms with Crippen molar-refractivity contribution < 1.29 is 18.0 Å². The number of nitrogens with zero attached hydrogens (tertiary/aromatic N) is 2. The fourth-order valence-electron chi connectivity index (χ4n) is 5.24. The van der Waals surface area contributed by atoms with Crippen molar-refractivity contribution in [2.75, 3.05) is 12.8 Å². The molecule has 1 amide bonds. The summed E-state index contributed by atoms with van der Waals surface area (Å²) < 4.78 is 42.9. The van der Waals surface area contributed by atoms with Crippen molar-refractivity contribution in [1.82, 2.24) is 9.21 Å². The van der Waals surface area contributed by atoms with Crippen LogP contribution in [0.5, 0.6) is 0 Å². The topological polar surface area (TPSA) is 49.6 Å². The molecule has 2 aliphatic rings. The van der Waals surface area contributed by atoms with Crippen molar-refractivity contribution in [2.45, 2.75) is 56.8 Å². The van der Waals surface area contributed by atoms with E-state index in [0.717, 1.165) is 38.3 Å². The average Bonchev–Trinajstić information content (AvgIpc) is 3.05. The smallest absolute Gasteiger partial charge is 0.234 e. The van der Waals surface area contributed by atoms with Crippen LogP contribution in [0.1, 0.15) is 36.8 Å². The summed E-state index contributed by atoms with van der Waals surface area (Å²) in [7, 11) is 1.99. The van der Waals surface area contributed by atoms with Crippen molar-refractivity contribution in [3.8, 4) is 0 Å². The Morgan fingerprint density at radius 3 is 2.39 bits per heavy atom. The van der Waals surface area contributed by atoms with Crippen LogP contribution in [0.4, 0.5) is 13.2 Å². The van der Waals surface area contributed by atoms with E-state index < -0.39 is 17.5 Å². The summed E-state index contributed by atoms with van der Waals surface area (Å²) in [6, 6.07) is 11.5. The Morgan fingerprint density at radius 1 is 1.09 bits per heavy atom. The highest BCUT2D eigenvalue weighted by molar-refractivity contribution is 7.97. The van der Waals surface area contributed by atoms with Gasteiger partial charge in [0.25, 0.3) is 0 Å². The monoisotopic (exact) mass is 477 g/mol. The summed E-state index contributed by atoms with van der Waals surface area (Å²) in [5.74, 6) is -2.36. The Kier molecular flexibility index (Phi) is 7.66. The Bertz CT molecular complexity index is 963. The zero-order valence-electron chi connectivity index (χ0n) is 18.7. The first kappa shape index (κ1) is 24.1. The molecule has 0 spiro atoms. The van der Waals surface area contributed by atoms with Crippen molar-refractivity contribution in [1.29, 1.82) is 0 Å². The number of nitrogens with two attached hydrogens (primary N) is 1. The Morgan fingerprint density at radius 2 is 1.73 bits per heavy atom. The number of carbonyl (C=O) groups excluding carboxylic acids is 1. The first-order valence-corrected chi connectivity index (χ1v) is 12.3. The highest BCUT2D eigenvalue weighted by Crippen LogP contribution is 2.40. The van der Waals surface area contributed by atoms with Gasteiger partial charge in [-0.2, -0.15) is 0 Å². The van der Waals surface area contributed by atoms with E-state index in [-0.39, 0.29) is 41.9 Å². The normalized spacial score (nSPS) is 23.2. The predicted molar refractivity (Wildman–Crippen MR) is 125 cm³/mol. The van der Waals surface area contributed by atoms with Gasteiger partial charge in [0.05, 0.1) is 5.75 Å². The van der Waals surface area contributed by atoms with Gasteiger partial charge in [-0.1, -0.05) is 42.3 Å². The third-order valence-corrected chi connectivity index (χ3v) is 7.81. The van der Waals surface area contributed by atoms with Gasteiger partial charge in [0.15, 0.2) is 11.6 Å². The van der Waals surface area contributed by atoms with Crippen LogP contribution in [0.3, 0.4) is 0 Å². The number of hydrogen-bond donors (Lipinski definition) is 1. The number of piperidine rings is 1. The van der Waals surface area contributed by atoms with E-state index in [1.165, 1.54) is 17.5 Å². The van der Waals surface area contributed by atoms with Crippen LogP contribution in [0.2, 0.25) is 0 Å². The van der Waals surface area contributed by atoms with Gasteiger partial charge in [-0.15, -0.1) is 0 Å². The van der Waals surface area contributed by atoms with Gasteiger partial charge in [-0.25, -0.2) is 17.5 Å². The van der Waals surface area contributed by atoms with E-state index >= 15 is 0 Å². The molecule has 4 nitrogen and oxygen atoms in total. The number of halogens is 3. The van der Waals surface area contributed by atoms with Crippen LogP contribution >= 0.6 is 11.9 Å². The summed E-state index contributed by atoms with van der Waals surface area (Å²) in [6.45, 7) is 0.767. The van der Waals surface area contributed by atoms with Gasteiger partial charge in [0.2, 0.25) is 5.91 Å². The number of hydrogen-bond acceptors (Lipinski definition) is 4. The van der Waals surface area contributed by atoms with Gasteiger partial charge < -0.3 is 10.6 Å². The molecule has 4 rings (SSSR count). The SMILES string of the molecule is CN(Cc1ccccc1)SCC(=O)N1[C@@H]2CC[C@H]1CC(C(N)Cc1cc(F)c(F)cc1F)C2. The third kappa shape index (κ3) is 5.73. The fourth-order valence-corrected chi connectivity index (χ4v) is 5.96. The summed E-state index contributed by atoms with van der Waals surface area (Å²) >= 11 is 1.53. The van der Waals surface area contributed by atoms with Gasteiger partial charge in [-0.3, -0.25) is 4.79 Å². The zero-order valence-corrected chi connectivity index (χ0v) is 19.5. The first-order chi connectivity index (χ1) is 15.8. The number of benzene rings is 2. The molecule has 2 unspecified atom stereocenters. The van der Waals surface area contributed by atoms with E-state index in [1.807, 2.05) is 30.1 Å². The molecule has 2 bridgehead atoms. The highest BCUT2D eigenvalue weighted by atomic mass is 32.2. The largest absolute Gasteiger partial charge is 0.336 e. The standard InChI is InChI=1S/C25H30F3N3OS/c1-30(14-16-5-3-2-4-6-16)33-15-25(32)31-19-7-8-20(31)10-18(9-19)24(29)12-17-11-22(27)23(28)13-21(17)26/h2-6,11,13,18-20,24H,7-10,12,14-15,29H2,1H3/t18?,19-,20+,24?. The van der Waals surface area contributed by atoms with Crippen molar-refractivity contribution in [2.24, 2.45) is 11.7 Å². The molecule has 0 aliphatic carbocycles. The maximum Gasteiger partial charge on any atom is 0.234 e. The molecule has 2 aromatic carbocycles. The minimum atomic E-state index is -1.19. The summed E-state index contributed by atoms with van der Waals surface area (Å²) in [5.41, 5.74) is 7.69. The molecule has 2 saturated heterocycles. The molecule has 8 heteroatoms. The molecule has 4 atom stereocenters. The first-order valence-electron chi connectivity index (χ1n) is 11.4. The van der Waals surface area contributed by atoms with Crippen LogP contribution in [0.25, 0.3) is 0 Å². The molecule has 33 heavy (non-hydrogen) atoms. The quantitative estimate of drug-likeness (QED) is 0.449. The lowest BCUT2D eigenvalue weighted by Gasteiger charge is -2.41. The van der Waals surface area contributed by atoms with Crippen molar-refractivity contribution in [3.63, 3.8) is 0 Å². The third-order valence-electron chi connectivity index (χ3n) is 6.86. The molecule has 0 saturated carbocycles. The minimum Gasteiger partial charge on any atom is -0.336 e. The molecule has 2 aliphatic heterocycles. The molecule has 2 N–H and O–H groups in total. The number of carbonyl (C=O) groups is 1. The lowest BCUT2D eigenvalue weighted by molar-refractivity contribution is -0.133. The number of amides is 1. The second-order valence-electron chi connectivity index (χ2n) is 9.19. The van der Waals surface area contributed by atoms with Crippen molar-refractivity contribution in [3.05, 3.63) is 71.0 Å². The molecular weight excluding hydrogens is 447 g/mol. The number of rotatable bonds is 8. The molecule has 2 aromatic rings. The molecular formula is C25H30F3N3OS. The number of fused-ring (bicyclic) bond motifs is 2. The van der Waals surface area contributed by atoms with Crippen LogP contribution in [-0.4, -0.2) is 46.0 Å². The van der Waals surface area contributed by atoms with Crippen molar-refractivity contribution >= 4 is 17.9 Å². The maximum atomic E-state index is 14.1. The van der Waals surface area contributed by atoms with E-state index in [1.54, 1.807) is 0 Å². The van der Waals surface area contributed by atoms with Gasteiger partial charge in [-0.05, 0) is 62.3 Å². The molecule has 0 radical (unpaired) electrons. The molecule has 178 valence electrons. The zero-order chi connectivity index (χ0) is 23.5. The van der Waals surface area contributed by atoms with E-state index in [0.29, 0.717) is 11.8 Å². The maximum absolute atomic E-state index is 14.1. The molecule has 2 heterocycles. The van der Waals surface area contributed by atoms with Gasteiger partial charge >= 0.3 is 0 Å². The van der Waals surface area contributed by atoms with Crippen LogP contribution in [0.15, 0.2) is 42.5 Å². The van der Waals surface area contributed by atoms with E-state index in [9.17, 15) is 18.0 Å². The minimum absolute atomic E-state index is 0.102. The lowest BCUT2D eigenvalue weighted by atomic mass is 9.82. The molecule has 2 fully saturated rings. The van der Waals surface area contributed by atoms with E-state index in [2.05, 4.69) is 16.4 Å². The Labute approximate surface area is 197 Å². The highest BCUT2D eigenvalue weighted by Gasteiger charge is 2.44. The summed E-state index contributed by atoms with van der Waals surface area (Å²) in [6.07, 6.45) is 3.58. The Balaban J connectivity index is 1.30. The lowest BCUT2D eigenvalue weighted by Crippen LogP contribution is -2.51. The Hall–Kier alpha value is -2.03. The van der Waals surface area contributed by atoms with Crippen LogP contribution in [0, 0.1) is 23.4 Å². The second kappa shape index (κ2) is 10.5. The van der Waals surface area contributed by atoms with Gasteiger partial charge in [0.1, 0.15) is 5.82 Å².